The first-order chi connectivity index (χ1) is 9.63. The topological polar surface area (TPSA) is 12.0 Å². The number of nitrogens with one attached hydrogen (secondary N) is 1. The SMILES string of the molecule is CCCNC(c1ccc(C)cc1)c1cccc(C)c1C. The average molecular weight is 267 g/mol. The molecule has 2 aromatic rings. The highest BCUT2D eigenvalue weighted by atomic mass is 14.9. The number of benzene rings is 2. The maximum Gasteiger partial charge on any atom is 0.0579 e. The standard InChI is InChI=1S/C19H25N/c1-5-13-20-19(17-11-9-14(2)10-12-17)18-8-6-7-15(3)16(18)4/h6-12,19-20H,5,13H2,1-4H3. The Labute approximate surface area is 123 Å². The van der Waals surface area contributed by atoms with Crippen LogP contribution in [0.15, 0.2) is 42.5 Å². The van der Waals surface area contributed by atoms with Crippen molar-refractivity contribution in [3.8, 4) is 0 Å². The number of aryl methyl sites for hydroxylation is 2. The summed E-state index contributed by atoms with van der Waals surface area (Å²) < 4.78 is 0. The molecule has 1 heteroatoms. The summed E-state index contributed by atoms with van der Waals surface area (Å²) in [6, 6.07) is 15.7. The molecule has 0 amide bonds. The van der Waals surface area contributed by atoms with Gasteiger partial charge in [0.2, 0.25) is 0 Å². The van der Waals surface area contributed by atoms with Crippen LogP contribution in [-0.4, -0.2) is 6.54 Å². The van der Waals surface area contributed by atoms with Crippen molar-refractivity contribution in [2.45, 2.75) is 40.2 Å². The molecule has 1 atom stereocenters. The van der Waals surface area contributed by atoms with Crippen molar-refractivity contribution in [1.82, 2.24) is 5.32 Å². The molecule has 0 aromatic heterocycles. The van der Waals surface area contributed by atoms with Crippen molar-refractivity contribution in [1.29, 1.82) is 0 Å². The Bertz CT molecular complexity index is 554. The van der Waals surface area contributed by atoms with Crippen LogP contribution in [0.3, 0.4) is 0 Å². The number of rotatable bonds is 5. The summed E-state index contributed by atoms with van der Waals surface area (Å²) in [4.78, 5) is 0. The van der Waals surface area contributed by atoms with Gasteiger partial charge in [-0.15, -0.1) is 0 Å². The van der Waals surface area contributed by atoms with Crippen molar-refractivity contribution >= 4 is 0 Å². The fraction of sp³-hybridized carbons (Fsp3) is 0.368. The van der Waals surface area contributed by atoms with Gasteiger partial charge in [0.25, 0.3) is 0 Å². The molecule has 0 saturated heterocycles. The van der Waals surface area contributed by atoms with Crippen LogP contribution in [0.25, 0.3) is 0 Å². The van der Waals surface area contributed by atoms with Crippen LogP contribution >= 0.6 is 0 Å². The van der Waals surface area contributed by atoms with Gasteiger partial charge in [0, 0.05) is 0 Å². The van der Waals surface area contributed by atoms with Crippen LogP contribution in [-0.2, 0) is 0 Å². The molecular weight excluding hydrogens is 242 g/mol. The molecule has 20 heavy (non-hydrogen) atoms. The molecule has 0 radical (unpaired) electrons. The van der Waals surface area contributed by atoms with E-state index in [2.05, 4.69) is 75.5 Å². The van der Waals surface area contributed by atoms with E-state index in [0.29, 0.717) is 0 Å². The van der Waals surface area contributed by atoms with E-state index in [1.54, 1.807) is 0 Å². The predicted octanol–water partition coefficient (Wildman–Crippen LogP) is 4.70. The van der Waals surface area contributed by atoms with Gasteiger partial charge >= 0.3 is 0 Å². The molecule has 0 spiro atoms. The lowest BCUT2D eigenvalue weighted by atomic mass is 9.92. The maximum absolute atomic E-state index is 3.69. The van der Waals surface area contributed by atoms with Gasteiger partial charge in [-0.3, -0.25) is 0 Å². The molecule has 0 aliphatic rings. The van der Waals surface area contributed by atoms with Crippen LogP contribution in [0, 0.1) is 20.8 Å². The van der Waals surface area contributed by atoms with Gasteiger partial charge in [0.15, 0.2) is 0 Å². The van der Waals surface area contributed by atoms with E-state index in [0.717, 1.165) is 13.0 Å². The Morgan fingerprint density at radius 2 is 1.65 bits per heavy atom. The average Bonchev–Trinajstić information content (AvgIpc) is 2.45. The van der Waals surface area contributed by atoms with Crippen LogP contribution in [0.2, 0.25) is 0 Å². The Balaban J connectivity index is 2.41. The zero-order chi connectivity index (χ0) is 14.5. The van der Waals surface area contributed by atoms with Crippen LogP contribution < -0.4 is 5.32 Å². The molecule has 1 N–H and O–H groups in total. The monoisotopic (exact) mass is 267 g/mol. The second-order valence-corrected chi connectivity index (χ2v) is 5.59. The molecule has 2 rings (SSSR count). The lowest BCUT2D eigenvalue weighted by molar-refractivity contribution is 0.596. The molecule has 0 saturated carbocycles. The first kappa shape index (κ1) is 14.8. The Hall–Kier alpha value is -1.60. The molecule has 106 valence electrons. The molecule has 0 aliphatic carbocycles. The second-order valence-electron chi connectivity index (χ2n) is 5.59. The summed E-state index contributed by atoms with van der Waals surface area (Å²) in [6.07, 6.45) is 1.15. The predicted molar refractivity (Wildman–Crippen MR) is 87.2 cm³/mol. The molecular formula is C19H25N. The van der Waals surface area contributed by atoms with E-state index in [-0.39, 0.29) is 6.04 Å². The first-order valence-corrected chi connectivity index (χ1v) is 7.49. The summed E-state index contributed by atoms with van der Waals surface area (Å²) >= 11 is 0. The minimum atomic E-state index is 0.287. The van der Waals surface area contributed by atoms with E-state index < -0.39 is 0 Å². The van der Waals surface area contributed by atoms with Gasteiger partial charge in [0.05, 0.1) is 6.04 Å². The van der Waals surface area contributed by atoms with Crippen molar-refractivity contribution in [2.75, 3.05) is 6.54 Å². The second kappa shape index (κ2) is 6.71. The zero-order valence-electron chi connectivity index (χ0n) is 13.0. The van der Waals surface area contributed by atoms with E-state index in [9.17, 15) is 0 Å². The fourth-order valence-corrected chi connectivity index (χ4v) is 2.54. The smallest absolute Gasteiger partial charge is 0.0579 e. The maximum atomic E-state index is 3.69. The molecule has 1 unspecified atom stereocenters. The lowest BCUT2D eigenvalue weighted by Gasteiger charge is -2.22. The minimum Gasteiger partial charge on any atom is -0.306 e. The van der Waals surface area contributed by atoms with Crippen LogP contribution in [0.5, 0.6) is 0 Å². The van der Waals surface area contributed by atoms with Crippen LogP contribution in [0.1, 0.15) is 47.2 Å². The van der Waals surface area contributed by atoms with Gasteiger partial charge in [-0.25, -0.2) is 0 Å². The Morgan fingerprint density at radius 1 is 0.950 bits per heavy atom. The van der Waals surface area contributed by atoms with Crippen molar-refractivity contribution in [3.05, 3.63) is 70.3 Å². The Kier molecular flexibility index (Phi) is 4.97. The molecule has 1 nitrogen and oxygen atoms in total. The minimum absolute atomic E-state index is 0.287. The Morgan fingerprint density at radius 3 is 2.30 bits per heavy atom. The third kappa shape index (κ3) is 3.29. The molecule has 2 aromatic carbocycles. The summed E-state index contributed by atoms with van der Waals surface area (Å²) in [5, 5.41) is 3.69. The van der Waals surface area contributed by atoms with Crippen molar-refractivity contribution in [3.63, 3.8) is 0 Å². The molecule has 0 fully saturated rings. The summed E-state index contributed by atoms with van der Waals surface area (Å²) in [5.41, 5.74) is 6.79. The first-order valence-electron chi connectivity index (χ1n) is 7.49. The molecule has 0 aliphatic heterocycles. The highest BCUT2D eigenvalue weighted by molar-refractivity contribution is 5.41. The summed E-state index contributed by atoms with van der Waals surface area (Å²) in [6.45, 7) is 9.79. The summed E-state index contributed by atoms with van der Waals surface area (Å²) in [5.74, 6) is 0. The zero-order valence-corrected chi connectivity index (χ0v) is 13.0. The highest BCUT2D eigenvalue weighted by Crippen LogP contribution is 2.26. The van der Waals surface area contributed by atoms with Gasteiger partial charge in [-0.05, 0) is 56.0 Å². The number of hydrogen-bond donors (Lipinski definition) is 1. The highest BCUT2D eigenvalue weighted by Gasteiger charge is 2.15. The third-order valence-corrected chi connectivity index (χ3v) is 3.97. The van der Waals surface area contributed by atoms with Gasteiger partial charge in [-0.1, -0.05) is 55.0 Å². The normalized spacial score (nSPS) is 12.4. The van der Waals surface area contributed by atoms with Crippen LogP contribution in [0.4, 0.5) is 0 Å². The largest absolute Gasteiger partial charge is 0.306 e. The van der Waals surface area contributed by atoms with Gasteiger partial charge in [0.1, 0.15) is 0 Å². The fourth-order valence-electron chi connectivity index (χ4n) is 2.54. The quantitative estimate of drug-likeness (QED) is 0.828. The van der Waals surface area contributed by atoms with E-state index in [1.807, 2.05) is 0 Å². The molecule has 0 bridgehead atoms. The van der Waals surface area contributed by atoms with Crippen molar-refractivity contribution in [2.24, 2.45) is 0 Å². The molecule has 0 heterocycles. The number of hydrogen-bond acceptors (Lipinski definition) is 1. The van der Waals surface area contributed by atoms with Gasteiger partial charge in [-0.2, -0.15) is 0 Å². The third-order valence-electron chi connectivity index (χ3n) is 3.97. The van der Waals surface area contributed by atoms with E-state index in [1.165, 1.54) is 27.8 Å². The van der Waals surface area contributed by atoms with E-state index in [4.69, 9.17) is 0 Å². The van der Waals surface area contributed by atoms with E-state index >= 15 is 0 Å². The summed E-state index contributed by atoms with van der Waals surface area (Å²) in [7, 11) is 0. The van der Waals surface area contributed by atoms with Crippen molar-refractivity contribution < 1.29 is 0 Å². The van der Waals surface area contributed by atoms with Gasteiger partial charge < -0.3 is 5.32 Å². The lowest BCUT2D eigenvalue weighted by Crippen LogP contribution is -2.24.